The molecule has 0 spiro atoms. The summed E-state index contributed by atoms with van der Waals surface area (Å²) in [5.74, 6) is 0. The van der Waals surface area contributed by atoms with Crippen LogP contribution in [0.4, 0.5) is 13.2 Å². The first-order chi connectivity index (χ1) is 9.91. The maximum absolute atomic E-state index is 13.6. The number of hydrogen-bond acceptors (Lipinski definition) is 2. The summed E-state index contributed by atoms with van der Waals surface area (Å²) in [6, 6.07) is 0. The third-order valence-corrected chi connectivity index (χ3v) is 10.5. The zero-order valence-corrected chi connectivity index (χ0v) is 17.0. The van der Waals surface area contributed by atoms with Crippen molar-refractivity contribution in [2.45, 2.75) is 89.0 Å². The third-order valence-electron chi connectivity index (χ3n) is 4.49. The highest BCUT2D eigenvalue weighted by atomic mass is 32.2. The van der Waals surface area contributed by atoms with Gasteiger partial charge in [-0.15, -0.1) is 0 Å². The second kappa shape index (κ2) is 5.95. The minimum absolute atomic E-state index is 0.313. The van der Waals surface area contributed by atoms with E-state index < -0.39 is 35.8 Å². The SMILES string of the molecule is CC(C)(C)[S@@](=O)N=C1CC(O[Si](C)(C)C(C)(C)C)(C(F)(F)F)C1. The predicted octanol–water partition coefficient (Wildman–Crippen LogP) is 5.01. The number of nitrogens with zero attached hydrogens (tertiary/aromatic N) is 1. The van der Waals surface area contributed by atoms with Crippen LogP contribution in [0.25, 0.3) is 0 Å². The van der Waals surface area contributed by atoms with Crippen LogP contribution in [0.5, 0.6) is 0 Å². The van der Waals surface area contributed by atoms with Gasteiger partial charge in [-0.05, 0) is 38.9 Å². The first kappa shape index (κ1) is 20.8. The van der Waals surface area contributed by atoms with Gasteiger partial charge in [0.15, 0.2) is 13.9 Å². The van der Waals surface area contributed by atoms with Gasteiger partial charge in [0, 0.05) is 18.6 Å². The summed E-state index contributed by atoms with van der Waals surface area (Å²) >= 11 is 0. The quantitative estimate of drug-likeness (QED) is 0.654. The fourth-order valence-corrected chi connectivity index (χ4v) is 4.08. The van der Waals surface area contributed by atoms with Crippen molar-refractivity contribution in [3.05, 3.63) is 0 Å². The molecule has 1 atom stereocenters. The predicted molar refractivity (Wildman–Crippen MR) is 91.6 cm³/mol. The van der Waals surface area contributed by atoms with E-state index in [1.165, 1.54) is 0 Å². The Morgan fingerprint density at radius 1 is 1.09 bits per heavy atom. The third kappa shape index (κ3) is 4.45. The molecule has 8 heteroatoms. The highest BCUT2D eigenvalue weighted by molar-refractivity contribution is 7.85. The standard InChI is InChI=1S/C15H28F3NO2SSi/c1-12(2,3)22(20)19-11-9-14(10-11,15(16,17)18)21-23(7,8)13(4,5)6/h9-10H2,1-8H3/t14?,22-/m1/s1. The topological polar surface area (TPSA) is 38.7 Å². The molecule has 0 amide bonds. The van der Waals surface area contributed by atoms with Crippen LogP contribution in [0.2, 0.25) is 18.1 Å². The summed E-state index contributed by atoms with van der Waals surface area (Å²) in [6.07, 6.45) is -5.08. The Labute approximate surface area is 140 Å². The van der Waals surface area contributed by atoms with Gasteiger partial charge in [0.1, 0.15) is 11.0 Å². The van der Waals surface area contributed by atoms with Gasteiger partial charge in [0.25, 0.3) is 0 Å². The molecule has 0 aromatic carbocycles. The first-order valence-electron chi connectivity index (χ1n) is 7.67. The molecule has 0 aromatic heterocycles. The molecule has 1 aliphatic carbocycles. The molecule has 0 saturated heterocycles. The lowest BCUT2D eigenvalue weighted by Crippen LogP contribution is -2.63. The fraction of sp³-hybridized carbons (Fsp3) is 0.933. The lowest BCUT2D eigenvalue weighted by molar-refractivity contribution is -0.257. The van der Waals surface area contributed by atoms with E-state index in [0.29, 0.717) is 5.71 Å². The Hall–Kier alpha value is -0.213. The number of rotatable bonds is 3. The van der Waals surface area contributed by atoms with Gasteiger partial charge < -0.3 is 4.43 Å². The molecule has 1 fully saturated rings. The zero-order chi connectivity index (χ0) is 18.5. The molecule has 0 radical (unpaired) electrons. The average Bonchev–Trinajstić information content (AvgIpc) is 2.20. The fourth-order valence-electron chi connectivity index (χ4n) is 1.90. The van der Waals surface area contributed by atoms with Crippen molar-refractivity contribution in [2.75, 3.05) is 0 Å². The normalized spacial score (nSPS) is 25.1. The average molecular weight is 372 g/mol. The van der Waals surface area contributed by atoms with Crippen LogP contribution >= 0.6 is 0 Å². The zero-order valence-electron chi connectivity index (χ0n) is 15.2. The van der Waals surface area contributed by atoms with Gasteiger partial charge in [-0.2, -0.15) is 17.6 Å². The van der Waals surface area contributed by atoms with E-state index in [2.05, 4.69) is 4.40 Å². The summed E-state index contributed by atoms with van der Waals surface area (Å²) in [5.41, 5.74) is -1.84. The van der Waals surface area contributed by atoms with Crippen molar-refractivity contribution in [3.63, 3.8) is 0 Å². The van der Waals surface area contributed by atoms with Crippen LogP contribution in [-0.4, -0.2) is 34.8 Å². The summed E-state index contributed by atoms with van der Waals surface area (Å²) in [4.78, 5) is 0. The summed E-state index contributed by atoms with van der Waals surface area (Å²) < 4.78 is 61.9. The Bertz CT molecular complexity index is 508. The van der Waals surface area contributed by atoms with E-state index in [4.69, 9.17) is 4.43 Å². The van der Waals surface area contributed by atoms with Gasteiger partial charge in [0.2, 0.25) is 0 Å². The van der Waals surface area contributed by atoms with Crippen molar-refractivity contribution in [1.82, 2.24) is 0 Å². The van der Waals surface area contributed by atoms with Crippen molar-refractivity contribution in [1.29, 1.82) is 0 Å². The molecule has 0 bridgehead atoms. The monoisotopic (exact) mass is 371 g/mol. The van der Waals surface area contributed by atoms with E-state index in [1.54, 1.807) is 20.8 Å². The lowest BCUT2D eigenvalue weighted by atomic mass is 9.78. The second-order valence-electron chi connectivity index (χ2n) is 8.73. The van der Waals surface area contributed by atoms with Crippen LogP contribution in [-0.2, 0) is 15.4 Å². The van der Waals surface area contributed by atoms with Crippen LogP contribution in [0.15, 0.2) is 4.40 Å². The minimum Gasteiger partial charge on any atom is -0.402 e. The van der Waals surface area contributed by atoms with Gasteiger partial charge in [-0.25, -0.2) is 4.21 Å². The molecule has 0 aliphatic heterocycles. The Balaban J connectivity index is 3.01. The Morgan fingerprint density at radius 2 is 1.52 bits per heavy atom. The number of hydrogen-bond donors (Lipinski definition) is 0. The molecule has 0 heterocycles. The van der Waals surface area contributed by atoms with E-state index in [1.807, 2.05) is 33.9 Å². The van der Waals surface area contributed by atoms with Crippen molar-refractivity contribution in [3.8, 4) is 0 Å². The maximum atomic E-state index is 13.6. The van der Waals surface area contributed by atoms with Crippen molar-refractivity contribution >= 4 is 25.0 Å². The van der Waals surface area contributed by atoms with Gasteiger partial charge in [-0.3, -0.25) is 0 Å². The molecule has 0 N–H and O–H groups in total. The van der Waals surface area contributed by atoms with Gasteiger partial charge >= 0.3 is 6.18 Å². The first-order valence-corrected chi connectivity index (χ1v) is 11.7. The van der Waals surface area contributed by atoms with Crippen LogP contribution < -0.4 is 0 Å². The summed E-state index contributed by atoms with van der Waals surface area (Å²) in [6.45, 7) is 14.6. The molecule has 1 saturated carbocycles. The molecular weight excluding hydrogens is 343 g/mol. The lowest BCUT2D eigenvalue weighted by Gasteiger charge is -2.50. The highest BCUT2D eigenvalue weighted by Gasteiger charge is 2.65. The van der Waals surface area contributed by atoms with Crippen molar-refractivity contribution in [2.24, 2.45) is 4.40 Å². The molecule has 23 heavy (non-hydrogen) atoms. The number of halogens is 3. The van der Waals surface area contributed by atoms with Crippen LogP contribution in [0.3, 0.4) is 0 Å². The van der Waals surface area contributed by atoms with E-state index >= 15 is 0 Å². The molecule has 0 aromatic rings. The maximum Gasteiger partial charge on any atom is 0.417 e. The van der Waals surface area contributed by atoms with E-state index in [0.717, 1.165) is 0 Å². The van der Waals surface area contributed by atoms with E-state index in [-0.39, 0.29) is 17.9 Å². The van der Waals surface area contributed by atoms with Crippen LogP contribution in [0.1, 0.15) is 54.4 Å². The molecule has 3 nitrogen and oxygen atoms in total. The molecule has 1 aliphatic rings. The Kier molecular flexibility index (Phi) is 5.39. The van der Waals surface area contributed by atoms with Crippen molar-refractivity contribution < 1.29 is 21.8 Å². The summed E-state index contributed by atoms with van der Waals surface area (Å²) in [5, 5.41) is -0.313. The number of alkyl halides is 3. The smallest absolute Gasteiger partial charge is 0.402 e. The molecule has 0 unspecified atom stereocenters. The van der Waals surface area contributed by atoms with Gasteiger partial charge in [0.05, 0.1) is 4.75 Å². The second-order valence-corrected chi connectivity index (χ2v) is 15.4. The molecular formula is C15H28F3NO2SSi. The van der Waals surface area contributed by atoms with E-state index in [9.17, 15) is 17.4 Å². The van der Waals surface area contributed by atoms with Gasteiger partial charge in [-0.1, -0.05) is 20.8 Å². The highest BCUT2D eigenvalue weighted by Crippen LogP contribution is 2.51. The minimum atomic E-state index is -4.45. The molecule has 136 valence electrons. The largest absolute Gasteiger partial charge is 0.417 e. The summed E-state index contributed by atoms with van der Waals surface area (Å²) in [7, 11) is -4.12. The molecule has 1 rings (SSSR count). The van der Waals surface area contributed by atoms with Crippen LogP contribution in [0, 0.1) is 0 Å². The Morgan fingerprint density at radius 3 is 1.83 bits per heavy atom.